The van der Waals surface area contributed by atoms with Crippen LogP contribution in [0.4, 0.5) is 23.3 Å². The van der Waals surface area contributed by atoms with E-state index in [1.54, 1.807) is 48.5 Å². The highest BCUT2D eigenvalue weighted by atomic mass is 16.3. The number of anilines is 4. The first-order valence-corrected chi connectivity index (χ1v) is 32.0. The number of hydrogen-bond donors (Lipinski definition) is 8. The minimum atomic E-state index is -0.150. The highest BCUT2D eigenvalue weighted by molar-refractivity contribution is 5.93. The number of carbonyl (C=O) groups excluding carboxylic acids is 4. The molecule has 1 saturated carbocycles. The summed E-state index contributed by atoms with van der Waals surface area (Å²) >= 11 is 0. The molecule has 4 aromatic heterocycles. The smallest absolute Gasteiger partial charge is 0.228 e. The summed E-state index contributed by atoms with van der Waals surface area (Å²) in [5.74, 6) is 3.94. The third-order valence-electron chi connectivity index (χ3n) is 17.4. The Kier molecular flexibility index (Phi) is 20.3. The van der Waals surface area contributed by atoms with Crippen LogP contribution in [0.5, 0.6) is 23.0 Å². The number of aromatic hydroxyl groups is 4. The van der Waals surface area contributed by atoms with E-state index in [-0.39, 0.29) is 52.5 Å². The van der Waals surface area contributed by atoms with Gasteiger partial charge >= 0.3 is 0 Å². The van der Waals surface area contributed by atoms with Crippen LogP contribution in [-0.2, 0) is 70.5 Å². The largest absolute Gasteiger partial charge is 0.508 e. The topological polar surface area (TPSA) is 300 Å². The first kappa shape index (κ1) is 65.2. The average Bonchev–Trinajstić information content (AvgIpc) is 0.824. The molecule has 8 N–H and O–H groups in total. The van der Waals surface area contributed by atoms with Crippen molar-refractivity contribution in [1.29, 1.82) is 0 Å². The van der Waals surface area contributed by atoms with Crippen LogP contribution in [0.25, 0.3) is 45.0 Å². The molecule has 1 atom stereocenters. The Morgan fingerprint density at radius 1 is 0.446 bits per heavy atom. The fourth-order valence-corrected chi connectivity index (χ4v) is 12.3. The molecule has 0 aliphatic heterocycles. The van der Waals surface area contributed by atoms with Crippen molar-refractivity contribution in [2.24, 2.45) is 17.8 Å². The van der Waals surface area contributed by atoms with Crippen LogP contribution in [0.15, 0.2) is 72.8 Å². The average molecular weight is 1240 g/mol. The van der Waals surface area contributed by atoms with Gasteiger partial charge in [-0.1, -0.05) is 47.0 Å². The summed E-state index contributed by atoms with van der Waals surface area (Å²) in [6.45, 7) is 16.8. The number of aromatic nitrogens is 8. The lowest BCUT2D eigenvalue weighted by Gasteiger charge is -2.22. The zero-order valence-electron chi connectivity index (χ0n) is 54.0. The van der Waals surface area contributed by atoms with Gasteiger partial charge in [-0.25, -0.2) is 39.9 Å². The van der Waals surface area contributed by atoms with E-state index < -0.39 is 0 Å². The van der Waals surface area contributed by atoms with Crippen LogP contribution in [0.1, 0.15) is 154 Å². The quantitative estimate of drug-likeness (QED) is 0.0631. The Bertz CT molecular complexity index is 4140. The van der Waals surface area contributed by atoms with Gasteiger partial charge in [0, 0.05) is 47.9 Å². The highest BCUT2D eigenvalue weighted by Crippen LogP contribution is 2.39. The molecule has 4 heterocycles. The maximum atomic E-state index is 12.4. The maximum absolute atomic E-state index is 12.4. The summed E-state index contributed by atoms with van der Waals surface area (Å²) in [7, 11) is 0. The van der Waals surface area contributed by atoms with E-state index >= 15 is 0 Å². The highest BCUT2D eigenvalue weighted by Gasteiger charge is 2.27. The Morgan fingerprint density at radius 3 is 1.10 bits per heavy atom. The monoisotopic (exact) mass is 1240 g/mol. The second-order valence-corrected chi connectivity index (χ2v) is 25.1. The molecule has 8 aromatic rings. The first-order valence-electron chi connectivity index (χ1n) is 32.0. The molecule has 0 spiro atoms. The fraction of sp³-hybridized carbons (Fsp3) is 0.389. The Hall–Kier alpha value is -9.72. The van der Waals surface area contributed by atoms with Crippen molar-refractivity contribution in [1.82, 2.24) is 39.9 Å². The number of fused-ring (bicyclic) bond motifs is 12. The molecule has 0 bridgehead atoms. The minimum Gasteiger partial charge on any atom is -0.508 e. The van der Waals surface area contributed by atoms with Crippen molar-refractivity contribution in [3.05, 3.63) is 141 Å². The van der Waals surface area contributed by atoms with E-state index in [9.17, 15) is 39.6 Å². The maximum Gasteiger partial charge on any atom is 0.228 e. The second kappa shape index (κ2) is 28.6. The van der Waals surface area contributed by atoms with Gasteiger partial charge in [-0.2, -0.15) is 0 Å². The van der Waals surface area contributed by atoms with Gasteiger partial charge in [0.1, 0.15) is 23.0 Å². The number of aryl methyl sites for hydroxylation is 12. The van der Waals surface area contributed by atoms with Crippen molar-refractivity contribution in [2.75, 3.05) is 21.3 Å². The number of phenolic OH excluding ortho intramolecular Hbond substituents is 4. The SMILES string of the molecule is CC(=O)Nc1nc2c(nc1C)-c1ccc(O)cc1CC2.CCC(C)C(=O)Nc1nc2c(nc1C)-c1ccc(O)cc1CC2.Cc1nc2c(nc1NC(=O)CC(C)C)CCc1cc(O)ccc1-2.Cc1nc2c(nc1NC(=O)CC1CCCCC1)CCc1cc(O)ccc1-2. The van der Waals surface area contributed by atoms with E-state index in [0.717, 1.165) is 166 Å². The van der Waals surface area contributed by atoms with Crippen molar-refractivity contribution in [2.45, 2.75) is 165 Å². The van der Waals surface area contributed by atoms with Gasteiger partial charge in [-0.15, -0.1) is 0 Å². The summed E-state index contributed by atoms with van der Waals surface area (Å²) < 4.78 is 0. The van der Waals surface area contributed by atoms with Gasteiger partial charge in [-0.3, -0.25) is 19.2 Å². The van der Waals surface area contributed by atoms with Crippen LogP contribution in [0, 0.1) is 45.4 Å². The number of phenols is 4. The van der Waals surface area contributed by atoms with Crippen molar-refractivity contribution in [3.63, 3.8) is 0 Å². The molecule has 20 nitrogen and oxygen atoms in total. The molecule has 92 heavy (non-hydrogen) atoms. The number of nitrogens with zero attached hydrogens (tertiary/aromatic N) is 8. The van der Waals surface area contributed by atoms with E-state index in [2.05, 4.69) is 51.2 Å². The normalized spacial score (nSPS) is 14.1. The molecule has 20 heteroatoms. The van der Waals surface area contributed by atoms with Crippen molar-refractivity contribution >= 4 is 46.9 Å². The molecular formula is C72H82N12O8. The van der Waals surface area contributed by atoms with Crippen LogP contribution < -0.4 is 21.3 Å². The summed E-state index contributed by atoms with van der Waals surface area (Å²) in [5.41, 5.74) is 18.3. The molecule has 0 saturated heterocycles. The summed E-state index contributed by atoms with van der Waals surface area (Å²) in [6.07, 6.45) is 14.2. The van der Waals surface area contributed by atoms with Crippen LogP contribution in [-0.4, -0.2) is 83.9 Å². The lowest BCUT2D eigenvalue weighted by Crippen LogP contribution is -2.22. The molecular weight excluding hydrogens is 1160 g/mol. The number of rotatable bonds is 10. The Morgan fingerprint density at radius 2 is 0.772 bits per heavy atom. The van der Waals surface area contributed by atoms with E-state index in [0.29, 0.717) is 65.0 Å². The zero-order valence-corrected chi connectivity index (χ0v) is 54.0. The van der Waals surface area contributed by atoms with Gasteiger partial charge < -0.3 is 41.7 Å². The number of amides is 4. The van der Waals surface area contributed by atoms with Gasteiger partial charge in [0.2, 0.25) is 23.6 Å². The van der Waals surface area contributed by atoms with Crippen LogP contribution in [0.2, 0.25) is 0 Å². The predicted molar refractivity (Wildman–Crippen MR) is 355 cm³/mol. The van der Waals surface area contributed by atoms with Gasteiger partial charge in [-0.05, 0) is 205 Å². The molecule has 4 aromatic carbocycles. The van der Waals surface area contributed by atoms with Crippen molar-refractivity contribution < 1.29 is 39.6 Å². The van der Waals surface area contributed by atoms with Crippen LogP contribution >= 0.6 is 0 Å². The summed E-state index contributed by atoms with van der Waals surface area (Å²) in [5, 5.41) is 49.9. The van der Waals surface area contributed by atoms with Gasteiger partial charge in [0.25, 0.3) is 0 Å². The first-order chi connectivity index (χ1) is 44.1. The number of benzene rings is 4. The number of hydrogen-bond acceptors (Lipinski definition) is 16. The summed E-state index contributed by atoms with van der Waals surface area (Å²) in [6, 6.07) is 21.4. The molecule has 478 valence electrons. The zero-order chi connectivity index (χ0) is 65.5. The lowest BCUT2D eigenvalue weighted by atomic mass is 9.87. The lowest BCUT2D eigenvalue weighted by molar-refractivity contribution is -0.119. The van der Waals surface area contributed by atoms with Crippen molar-refractivity contribution in [3.8, 4) is 68.0 Å². The van der Waals surface area contributed by atoms with E-state index in [4.69, 9.17) is 9.97 Å². The minimum absolute atomic E-state index is 0.0222. The predicted octanol–water partition coefficient (Wildman–Crippen LogP) is 12.9. The van der Waals surface area contributed by atoms with Gasteiger partial charge in [0.05, 0.1) is 68.3 Å². The molecule has 5 aliphatic carbocycles. The van der Waals surface area contributed by atoms with Crippen LogP contribution in [0.3, 0.4) is 0 Å². The Labute approximate surface area is 536 Å². The third kappa shape index (κ3) is 15.5. The summed E-state index contributed by atoms with van der Waals surface area (Å²) in [4.78, 5) is 84.8. The molecule has 13 rings (SSSR count). The number of nitrogens with one attached hydrogen (secondary N) is 4. The number of carbonyl (C=O) groups is 4. The molecule has 1 unspecified atom stereocenters. The van der Waals surface area contributed by atoms with E-state index in [1.165, 1.54) is 26.2 Å². The third-order valence-corrected chi connectivity index (χ3v) is 17.4. The molecule has 0 radical (unpaired) electrons. The molecule has 5 aliphatic rings. The van der Waals surface area contributed by atoms with E-state index in [1.807, 2.05) is 79.7 Å². The second-order valence-electron chi connectivity index (χ2n) is 25.1. The Balaban J connectivity index is 0.000000135. The molecule has 4 amide bonds. The molecule has 1 fully saturated rings. The standard InChI is InChI=1S/C21H25N3O2.2C18H21N3O2.C15H15N3O2/c1-13-21(24-19(26)11-14-5-3-2-4-6-14)23-18-10-7-15-12-16(25)8-9-17(15)20(18)22-13;1-10(2)8-16(23)21-18-11(3)19-17-14-6-5-13(22)9-12(14)4-7-15(17)20-18;1-4-10(2)18(23)21-17-11(3)19-16-14-7-6-13(22)9-12(14)5-8-15(16)20-17;1-8-15(17-9(2)19)18-13-6-3-10-7-11(20)4-5-12(10)14(13)16-8/h8-9,12,14,25H,2-7,10-11H2,1H3,(H,23,24,26);5-6,9-10,22H,4,7-8H2,1-3H3,(H,20,21,23);6-7,9-10,22H,4-5,8H2,1-3H3,(H,20,21,23);4-5,7,20H,3,6H2,1-2H3,(H,17,18,19). The van der Waals surface area contributed by atoms with Gasteiger partial charge in [0.15, 0.2) is 23.3 Å². The fourth-order valence-electron chi connectivity index (χ4n) is 12.3.